The van der Waals surface area contributed by atoms with E-state index >= 15 is 0 Å². The Morgan fingerprint density at radius 2 is 1.64 bits per heavy atom. The van der Waals surface area contributed by atoms with Gasteiger partial charge in [0.1, 0.15) is 0 Å². The third-order valence-corrected chi connectivity index (χ3v) is 4.41. The molecule has 1 aliphatic rings. The first-order valence-electron chi connectivity index (χ1n) is 9.29. The molecule has 0 bridgehead atoms. The summed E-state index contributed by atoms with van der Waals surface area (Å²) in [4.78, 5) is 2.46. The second-order valence-electron chi connectivity index (χ2n) is 7.23. The first-order chi connectivity index (χ1) is 11.6. The summed E-state index contributed by atoms with van der Waals surface area (Å²) in [6.07, 6.45) is 0. The summed E-state index contributed by atoms with van der Waals surface area (Å²) < 4.78 is 11.2. The molecule has 1 aromatic carbocycles. The second kappa shape index (κ2) is 11.6. The first-order valence-corrected chi connectivity index (χ1v) is 9.29. The van der Waals surface area contributed by atoms with Gasteiger partial charge in [0, 0.05) is 32.2 Å². The maximum Gasteiger partial charge on any atom is 0.0701 e. The van der Waals surface area contributed by atoms with E-state index in [0.717, 1.165) is 39.4 Å². The summed E-state index contributed by atoms with van der Waals surface area (Å²) in [5.74, 6) is 0.600. The van der Waals surface area contributed by atoms with Crippen molar-refractivity contribution < 1.29 is 9.47 Å². The molecule has 1 N–H and O–H groups in total. The molecular formula is C21H38N2O2. The zero-order valence-electron chi connectivity index (χ0n) is 15.8. The molecular weight excluding hydrogens is 312 g/mol. The van der Waals surface area contributed by atoms with Crippen molar-refractivity contribution in [3.8, 4) is 0 Å². The van der Waals surface area contributed by atoms with Gasteiger partial charge in [0.05, 0.1) is 26.4 Å². The van der Waals surface area contributed by atoms with Gasteiger partial charge < -0.3 is 14.8 Å². The smallest absolute Gasteiger partial charge is 0.0701 e. The number of hydrogen-bond donors (Lipinski definition) is 1. The minimum absolute atomic E-state index is 0. The lowest BCUT2D eigenvalue weighted by Gasteiger charge is -2.14. The summed E-state index contributed by atoms with van der Waals surface area (Å²) in [6.45, 7) is 15.7. The van der Waals surface area contributed by atoms with Crippen LogP contribution in [0.25, 0.3) is 0 Å². The fourth-order valence-electron chi connectivity index (χ4n) is 2.94. The molecule has 0 aliphatic carbocycles. The maximum absolute atomic E-state index is 5.70. The van der Waals surface area contributed by atoms with Crippen LogP contribution in [0.2, 0.25) is 0 Å². The third-order valence-electron chi connectivity index (χ3n) is 4.41. The van der Waals surface area contributed by atoms with E-state index in [0.29, 0.717) is 25.2 Å². The molecule has 144 valence electrons. The molecule has 0 aromatic heterocycles. The van der Waals surface area contributed by atoms with E-state index in [1.165, 1.54) is 16.7 Å². The summed E-state index contributed by atoms with van der Waals surface area (Å²) in [5.41, 5.74) is 4.40. The highest BCUT2D eigenvalue weighted by Crippen LogP contribution is 2.26. The first kappa shape index (κ1) is 22.1. The van der Waals surface area contributed by atoms with Crippen LogP contribution in [0.1, 0.15) is 57.7 Å². The Morgan fingerprint density at radius 3 is 2.32 bits per heavy atom. The molecule has 2 rings (SSSR count). The highest BCUT2D eigenvalue weighted by molar-refractivity contribution is 5.35. The van der Waals surface area contributed by atoms with E-state index in [-0.39, 0.29) is 7.43 Å². The molecule has 1 aliphatic heterocycles. The summed E-state index contributed by atoms with van der Waals surface area (Å²) >= 11 is 0. The predicted octanol–water partition coefficient (Wildman–Crippen LogP) is 3.79. The van der Waals surface area contributed by atoms with E-state index in [4.69, 9.17) is 9.47 Å². The van der Waals surface area contributed by atoms with Crippen LogP contribution < -0.4 is 5.32 Å². The van der Waals surface area contributed by atoms with Crippen LogP contribution in [0.15, 0.2) is 18.2 Å². The fraction of sp³-hybridized carbons (Fsp3) is 0.714. The van der Waals surface area contributed by atoms with E-state index in [2.05, 4.69) is 56.1 Å². The molecule has 4 nitrogen and oxygen atoms in total. The monoisotopic (exact) mass is 350 g/mol. The lowest BCUT2D eigenvalue weighted by molar-refractivity contribution is 0.0388. The van der Waals surface area contributed by atoms with Crippen molar-refractivity contribution in [3.05, 3.63) is 34.9 Å². The number of nitrogens with one attached hydrogen (secondary N) is 1. The van der Waals surface area contributed by atoms with Crippen molar-refractivity contribution in [1.29, 1.82) is 0 Å². The Kier molecular flexibility index (Phi) is 10.3. The summed E-state index contributed by atoms with van der Waals surface area (Å²) in [5, 5.41) is 3.33. The fourth-order valence-corrected chi connectivity index (χ4v) is 2.94. The molecule has 0 saturated carbocycles. The third kappa shape index (κ3) is 7.87. The molecule has 1 heterocycles. The van der Waals surface area contributed by atoms with Crippen LogP contribution in [0.3, 0.4) is 0 Å². The SMILES string of the molecule is C.CC(C)NCCOCCOCCN1Cc2ccc(C(C)C)cc2C1. The van der Waals surface area contributed by atoms with Crippen molar-refractivity contribution in [3.63, 3.8) is 0 Å². The Bertz CT molecular complexity index is 489. The number of benzene rings is 1. The average molecular weight is 351 g/mol. The normalized spacial score (nSPS) is 14.2. The van der Waals surface area contributed by atoms with Gasteiger partial charge >= 0.3 is 0 Å². The summed E-state index contributed by atoms with van der Waals surface area (Å²) in [6, 6.07) is 7.46. The highest BCUT2D eigenvalue weighted by atomic mass is 16.5. The molecule has 25 heavy (non-hydrogen) atoms. The molecule has 0 atom stereocenters. The highest BCUT2D eigenvalue weighted by Gasteiger charge is 2.19. The van der Waals surface area contributed by atoms with Crippen LogP contribution in [-0.4, -0.2) is 50.5 Å². The predicted molar refractivity (Wildman–Crippen MR) is 106 cm³/mol. The maximum atomic E-state index is 5.70. The van der Waals surface area contributed by atoms with E-state index in [9.17, 15) is 0 Å². The summed E-state index contributed by atoms with van der Waals surface area (Å²) in [7, 11) is 0. The van der Waals surface area contributed by atoms with Gasteiger partial charge in [-0.15, -0.1) is 0 Å². The number of ether oxygens (including phenoxy) is 2. The van der Waals surface area contributed by atoms with Crippen LogP contribution in [0.5, 0.6) is 0 Å². The largest absolute Gasteiger partial charge is 0.378 e. The average Bonchev–Trinajstić information content (AvgIpc) is 2.94. The minimum atomic E-state index is 0. The van der Waals surface area contributed by atoms with Gasteiger partial charge in [0.2, 0.25) is 0 Å². The zero-order chi connectivity index (χ0) is 17.4. The zero-order valence-corrected chi connectivity index (χ0v) is 15.8. The van der Waals surface area contributed by atoms with E-state index < -0.39 is 0 Å². The van der Waals surface area contributed by atoms with Gasteiger partial charge in [0.15, 0.2) is 0 Å². The Hall–Kier alpha value is -0.940. The van der Waals surface area contributed by atoms with Crippen LogP contribution in [0.4, 0.5) is 0 Å². The Labute approximate surface area is 154 Å². The number of hydrogen-bond acceptors (Lipinski definition) is 4. The molecule has 4 heteroatoms. The van der Waals surface area contributed by atoms with Gasteiger partial charge in [-0.1, -0.05) is 53.3 Å². The lowest BCUT2D eigenvalue weighted by Crippen LogP contribution is -2.27. The van der Waals surface area contributed by atoms with E-state index in [1.54, 1.807) is 0 Å². The van der Waals surface area contributed by atoms with Crippen LogP contribution >= 0.6 is 0 Å². The molecule has 0 amide bonds. The van der Waals surface area contributed by atoms with Gasteiger partial charge in [0.25, 0.3) is 0 Å². The standard InChI is InChI=1S/C20H34N2O2.CH4/c1-16(2)18-5-6-19-14-22(15-20(19)13-18)8-10-24-12-11-23-9-7-21-17(3)4;/h5-6,13,16-17,21H,7-12,14-15H2,1-4H3;1H4. The van der Waals surface area contributed by atoms with Gasteiger partial charge in [-0.25, -0.2) is 0 Å². The molecule has 0 fully saturated rings. The topological polar surface area (TPSA) is 33.7 Å². The van der Waals surface area contributed by atoms with Gasteiger partial charge in [-0.2, -0.15) is 0 Å². The molecule has 0 saturated heterocycles. The van der Waals surface area contributed by atoms with Gasteiger partial charge in [-0.05, 0) is 22.6 Å². The van der Waals surface area contributed by atoms with Crippen LogP contribution in [-0.2, 0) is 22.6 Å². The quantitative estimate of drug-likeness (QED) is 0.616. The van der Waals surface area contributed by atoms with Crippen molar-refractivity contribution >= 4 is 0 Å². The van der Waals surface area contributed by atoms with Crippen LogP contribution in [0, 0.1) is 0 Å². The second-order valence-corrected chi connectivity index (χ2v) is 7.23. The van der Waals surface area contributed by atoms with Crippen molar-refractivity contribution in [1.82, 2.24) is 10.2 Å². The number of fused-ring (bicyclic) bond motifs is 1. The van der Waals surface area contributed by atoms with E-state index in [1.807, 2.05) is 0 Å². The molecule has 1 aromatic rings. The lowest BCUT2D eigenvalue weighted by atomic mass is 9.99. The molecule has 0 spiro atoms. The Morgan fingerprint density at radius 1 is 0.960 bits per heavy atom. The van der Waals surface area contributed by atoms with Crippen molar-refractivity contribution in [2.24, 2.45) is 0 Å². The van der Waals surface area contributed by atoms with Gasteiger partial charge in [-0.3, -0.25) is 4.90 Å². The minimum Gasteiger partial charge on any atom is -0.378 e. The molecule has 0 radical (unpaired) electrons. The number of rotatable bonds is 11. The van der Waals surface area contributed by atoms with Crippen molar-refractivity contribution in [2.75, 3.05) is 39.5 Å². The Balaban J connectivity index is 0.00000312. The van der Waals surface area contributed by atoms with Crippen molar-refractivity contribution in [2.45, 2.75) is 60.2 Å². The molecule has 0 unspecified atom stereocenters. The number of nitrogens with zero attached hydrogens (tertiary/aromatic N) is 1.